The van der Waals surface area contributed by atoms with Gasteiger partial charge in [0.15, 0.2) is 0 Å². The van der Waals surface area contributed by atoms with Crippen LogP contribution in [0.4, 0.5) is 4.79 Å². The Morgan fingerprint density at radius 1 is 1.15 bits per heavy atom. The van der Waals surface area contributed by atoms with Crippen molar-refractivity contribution in [1.29, 1.82) is 0 Å². The average molecular weight is 365 g/mol. The summed E-state index contributed by atoms with van der Waals surface area (Å²) in [5.41, 5.74) is 2.68. The fourth-order valence-electron chi connectivity index (χ4n) is 3.94. The van der Waals surface area contributed by atoms with E-state index in [1.165, 1.54) is 7.11 Å². The number of hydrogen-bond donors (Lipinski definition) is 0. The Labute approximate surface area is 156 Å². The van der Waals surface area contributed by atoms with Crippen molar-refractivity contribution in [2.75, 3.05) is 7.11 Å². The number of amides is 2. The molecular formula is C21H19NO5. The second-order valence-electron chi connectivity index (χ2n) is 6.72. The number of nitrogens with zero attached hydrogens (tertiary/aromatic N) is 1. The highest BCUT2D eigenvalue weighted by atomic mass is 16.6. The Bertz CT molecular complexity index is 894. The molecule has 27 heavy (non-hydrogen) atoms. The van der Waals surface area contributed by atoms with Crippen LogP contribution in [0.25, 0.3) is 0 Å². The summed E-state index contributed by atoms with van der Waals surface area (Å²) >= 11 is 0. The van der Waals surface area contributed by atoms with Crippen molar-refractivity contribution in [3.8, 4) is 0 Å². The van der Waals surface area contributed by atoms with Gasteiger partial charge in [0.05, 0.1) is 13.0 Å². The van der Waals surface area contributed by atoms with E-state index in [1.54, 1.807) is 24.3 Å². The molecule has 3 atom stereocenters. The summed E-state index contributed by atoms with van der Waals surface area (Å²) in [4.78, 5) is 38.8. The molecule has 0 radical (unpaired) electrons. The highest BCUT2D eigenvalue weighted by molar-refractivity contribution is 5.97. The van der Waals surface area contributed by atoms with E-state index in [1.807, 2.05) is 30.3 Å². The van der Waals surface area contributed by atoms with E-state index in [-0.39, 0.29) is 12.5 Å². The number of carbonyl (C=O) groups is 3. The van der Waals surface area contributed by atoms with Crippen molar-refractivity contribution < 1.29 is 23.9 Å². The van der Waals surface area contributed by atoms with Gasteiger partial charge in [0.1, 0.15) is 12.1 Å². The zero-order valence-electron chi connectivity index (χ0n) is 14.8. The van der Waals surface area contributed by atoms with Gasteiger partial charge < -0.3 is 9.47 Å². The molecule has 1 saturated heterocycles. The van der Waals surface area contributed by atoms with Crippen LogP contribution in [0, 0.1) is 0 Å². The van der Waals surface area contributed by atoms with Crippen LogP contribution in [-0.4, -0.2) is 36.1 Å². The number of carbonyl (C=O) groups excluding carboxylic acids is 3. The first-order valence-corrected chi connectivity index (χ1v) is 8.83. The van der Waals surface area contributed by atoms with Crippen LogP contribution in [-0.2, 0) is 25.5 Å². The minimum absolute atomic E-state index is 0.156. The lowest BCUT2D eigenvalue weighted by molar-refractivity contribution is -0.145. The molecule has 2 aromatic rings. The number of ether oxygens (including phenoxy) is 2. The standard InChI is InChI=1S/C21H19NO5/c1-26-20(24)16(13-7-3-2-4-8-13)12-18(23)22-19-15-10-6-5-9-14(15)11-17(19)27-21(22)25/h2-10,16-17,19H,11-12H2,1H3/t16-,17-,19+/m0/s1. The monoisotopic (exact) mass is 365 g/mol. The Morgan fingerprint density at radius 3 is 2.59 bits per heavy atom. The molecule has 0 unspecified atom stereocenters. The minimum atomic E-state index is -0.771. The van der Waals surface area contributed by atoms with Gasteiger partial charge in [-0.05, 0) is 16.7 Å². The third-order valence-electron chi connectivity index (χ3n) is 5.21. The van der Waals surface area contributed by atoms with E-state index >= 15 is 0 Å². The van der Waals surface area contributed by atoms with Crippen LogP contribution >= 0.6 is 0 Å². The largest absolute Gasteiger partial charge is 0.469 e. The maximum absolute atomic E-state index is 13.0. The molecule has 2 aliphatic rings. The molecule has 0 saturated carbocycles. The zero-order chi connectivity index (χ0) is 19.0. The maximum atomic E-state index is 13.0. The summed E-state index contributed by atoms with van der Waals surface area (Å²) in [7, 11) is 1.29. The Hall–Kier alpha value is -3.15. The topological polar surface area (TPSA) is 72.9 Å². The number of esters is 1. The Balaban J connectivity index is 1.61. The van der Waals surface area contributed by atoms with Gasteiger partial charge in [0, 0.05) is 12.8 Å². The van der Waals surface area contributed by atoms with Crippen molar-refractivity contribution in [2.45, 2.75) is 30.9 Å². The van der Waals surface area contributed by atoms with E-state index in [0.717, 1.165) is 16.0 Å². The lowest BCUT2D eigenvalue weighted by Crippen LogP contribution is -2.36. The van der Waals surface area contributed by atoms with E-state index in [4.69, 9.17) is 9.47 Å². The molecule has 0 spiro atoms. The molecule has 1 heterocycles. The molecule has 0 N–H and O–H groups in total. The molecule has 1 aliphatic heterocycles. The molecule has 2 amide bonds. The second-order valence-corrected chi connectivity index (χ2v) is 6.72. The average Bonchev–Trinajstić information content (AvgIpc) is 3.20. The smallest absolute Gasteiger partial charge is 0.417 e. The number of imide groups is 1. The maximum Gasteiger partial charge on any atom is 0.417 e. The highest BCUT2D eigenvalue weighted by Crippen LogP contribution is 2.43. The summed E-state index contributed by atoms with van der Waals surface area (Å²) in [6.45, 7) is 0. The van der Waals surface area contributed by atoms with Gasteiger partial charge in [-0.1, -0.05) is 54.6 Å². The molecule has 1 aliphatic carbocycles. The SMILES string of the molecule is COC(=O)[C@@H](CC(=O)N1C(=O)O[C@H]2Cc3ccccc3[C@H]21)c1ccccc1. The first-order chi connectivity index (χ1) is 13.1. The van der Waals surface area contributed by atoms with Crippen molar-refractivity contribution in [2.24, 2.45) is 0 Å². The molecule has 1 fully saturated rings. The van der Waals surface area contributed by atoms with Crippen LogP contribution in [0.3, 0.4) is 0 Å². The Morgan fingerprint density at radius 2 is 1.85 bits per heavy atom. The molecular weight excluding hydrogens is 346 g/mol. The fourth-order valence-corrected chi connectivity index (χ4v) is 3.94. The molecule has 6 nitrogen and oxygen atoms in total. The van der Waals surface area contributed by atoms with Gasteiger partial charge in [-0.25, -0.2) is 9.69 Å². The molecule has 0 bridgehead atoms. The molecule has 0 aromatic heterocycles. The molecule has 4 rings (SSSR count). The second kappa shape index (κ2) is 6.87. The number of hydrogen-bond acceptors (Lipinski definition) is 5. The summed E-state index contributed by atoms with van der Waals surface area (Å²) in [6, 6.07) is 16.2. The first-order valence-electron chi connectivity index (χ1n) is 8.83. The lowest BCUT2D eigenvalue weighted by atomic mass is 9.94. The van der Waals surface area contributed by atoms with Gasteiger partial charge >= 0.3 is 12.1 Å². The first kappa shape index (κ1) is 17.3. The molecule has 6 heteroatoms. The van der Waals surface area contributed by atoms with Gasteiger partial charge in [-0.15, -0.1) is 0 Å². The van der Waals surface area contributed by atoms with E-state index in [0.29, 0.717) is 12.0 Å². The predicted octanol–water partition coefficient (Wildman–Crippen LogP) is 2.98. The van der Waals surface area contributed by atoms with Crippen molar-refractivity contribution in [3.63, 3.8) is 0 Å². The van der Waals surface area contributed by atoms with Gasteiger partial charge in [-0.3, -0.25) is 9.59 Å². The minimum Gasteiger partial charge on any atom is -0.469 e. The number of rotatable bonds is 4. The van der Waals surface area contributed by atoms with Crippen molar-refractivity contribution >= 4 is 18.0 Å². The molecule has 138 valence electrons. The van der Waals surface area contributed by atoms with E-state index in [2.05, 4.69) is 0 Å². The van der Waals surface area contributed by atoms with Crippen LogP contribution in [0.5, 0.6) is 0 Å². The third-order valence-corrected chi connectivity index (χ3v) is 5.21. The van der Waals surface area contributed by atoms with Crippen LogP contribution in [0.1, 0.15) is 35.1 Å². The predicted molar refractivity (Wildman–Crippen MR) is 95.8 cm³/mol. The number of fused-ring (bicyclic) bond motifs is 3. The van der Waals surface area contributed by atoms with Crippen LogP contribution in [0.15, 0.2) is 54.6 Å². The third kappa shape index (κ3) is 2.97. The summed E-state index contributed by atoms with van der Waals surface area (Å²) < 4.78 is 10.3. The zero-order valence-corrected chi connectivity index (χ0v) is 14.8. The van der Waals surface area contributed by atoms with E-state index in [9.17, 15) is 14.4 Å². The van der Waals surface area contributed by atoms with E-state index < -0.39 is 29.9 Å². The van der Waals surface area contributed by atoms with Crippen LogP contribution in [0.2, 0.25) is 0 Å². The summed E-state index contributed by atoms with van der Waals surface area (Å²) in [5.74, 6) is -1.72. The van der Waals surface area contributed by atoms with Crippen LogP contribution < -0.4 is 0 Å². The fraction of sp³-hybridized carbons (Fsp3) is 0.286. The van der Waals surface area contributed by atoms with Gasteiger partial charge in [-0.2, -0.15) is 0 Å². The Kier molecular flexibility index (Phi) is 4.39. The summed E-state index contributed by atoms with van der Waals surface area (Å²) in [6.07, 6.45) is -0.583. The normalized spacial score (nSPS) is 21.2. The number of methoxy groups -OCH3 is 1. The molecule has 2 aromatic carbocycles. The highest BCUT2D eigenvalue weighted by Gasteiger charge is 2.50. The van der Waals surface area contributed by atoms with Gasteiger partial charge in [0.25, 0.3) is 0 Å². The number of benzene rings is 2. The van der Waals surface area contributed by atoms with Gasteiger partial charge in [0.2, 0.25) is 5.91 Å². The lowest BCUT2D eigenvalue weighted by Gasteiger charge is -2.22. The van der Waals surface area contributed by atoms with Crippen molar-refractivity contribution in [1.82, 2.24) is 4.90 Å². The van der Waals surface area contributed by atoms with Crippen molar-refractivity contribution in [3.05, 3.63) is 71.3 Å². The summed E-state index contributed by atoms with van der Waals surface area (Å²) in [5, 5.41) is 0. The quantitative estimate of drug-likeness (QED) is 0.779.